The summed E-state index contributed by atoms with van der Waals surface area (Å²) in [6, 6.07) is 12.0. The second-order valence-electron chi connectivity index (χ2n) is 7.65. The third-order valence-corrected chi connectivity index (χ3v) is 5.36. The van der Waals surface area contributed by atoms with Crippen molar-refractivity contribution in [2.45, 2.75) is 39.3 Å². The Morgan fingerprint density at radius 2 is 1.88 bits per heavy atom. The van der Waals surface area contributed by atoms with Gasteiger partial charge in [-0.25, -0.2) is 0 Å². The lowest BCUT2D eigenvalue weighted by molar-refractivity contribution is -0.137. The molecule has 0 aliphatic carbocycles. The van der Waals surface area contributed by atoms with Gasteiger partial charge < -0.3 is 9.84 Å². The second-order valence-corrected chi connectivity index (χ2v) is 8.09. The van der Waals surface area contributed by atoms with E-state index in [1.54, 1.807) is 0 Å². The number of allylic oxidation sites excluding steroid dienone is 1. The van der Waals surface area contributed by atoms with E-state index in [2.05, 4.69) is 16.5 Å². The minimum absolute atomic E-state index is 0.122. The van der Waals surface area contributed by atoms with Gasteiger partial charge in [-0.1, -0.05) is 48.0 Å². The second kappa shape index (κ2) is 10.7. The molecular weight excluding hydrogens is 453 g/mol. The predicted molar refractivity (Wildman–Crippen MR) is 122 cm³/mol. The number of carbonyl (C=O) groups excluding carboxylic acids is 1. The Morgan fingerprint density at radius 1 is 1.15 bits per heavy atom. The van der Waals surface area contributed by atoms with Crippen molar-refractivity contribution in [3.63, 3.8) is 0 Å². The maximum Gasteiger partial charge on any atom is 0.416 e. The monoisotopic (exact) mass is 476 g/mol. The Bertz CT molecular complexity index is 1140. The molecule has 33 heavy (non-hydrogen) atoms. The van der Waals surface area contributed by atoms with Gasteiger partial charge in [0, 0.05) is 24.1 Å². The molecule has 0 atom stereocenters. The minimum atomic E-state index is -4.38. The quantitative estimate of drug-likeness (QED) is 0.386. The number of nitrogens with zero attached hydrogens (tertiary/aromatic N) is 1. The van der Waals surface area contributed by atoms with Crippen LogP contribution in [-0.4, -0.2) is 17.6 Å². The van der Waals surface area contributed by atoms with E-state index in [0.29, 0.717) is 29.3 Å². The fourth-order valence-corrected chi connectivity index (χ4v) is 3.62. The molecule has 0 radical (unpaired) electrons. The zero-order valence-corrected chi connectivity index (χ0v) is 19.1. The summed E-state index contributed by atoms with van der Waals surface area (Å²) >= 11 is 6.15. The molecule has 0 spiro atoms. The summed E-state index contributed by atoms with van der Waals surface area (Å²) in [5.41, 5.74) is 3.29. The van der Waals surface area contributed by atoms with Gasteiger partial charge in [-0.05, 0) is 66.3 Å². The molecule has 1 aromatic heterocycles. The molecule has 0 bridgehead atoms. The normalized spacial score (nSPS) is 12.1. The van der Waals surface area contributed by atoms with Crippen LogP contribution in [0, 0.1) is 6.92 Å². The van der Waals surface area contributed by atoms with Gasteiger partial charge in [0.05, 0.1) is 5.56 Å². The number of aryl methyl sites for hydroxylation is 1. The van der Waals surface area contributed by atoms with Gasteiger partial charge in [0.25, 0.3) is 5.91 Å². The zero-order chi connectivity index (χ0) is 24.0. The van der Waals surface area contributed by atoms with Crippen LogP contribution in [0.15, 0.2) is 59.1 Å². The fraction of sp³-hybridized carbons (Fsp3) is 0.280. The summed E-state index contributed by atoms with van der Waals surface area (Å²) in [5.74, 6) is 0.0112. The van der Waals surface area contributed by atoms with E-state index in [-0.39, 0.29) is 18.0 Å². The number of rotatable bonds is 8. The van der Waals surface area contributed by atoms with Crippen LogP contribution < -0.4 is 5.32 Å². The maximum absolute atomic E-state index is 12.7. The topological polar surface area (TPSA) is 55.1 Å². The third-order valence-electron chi connectivity index (χ3n) is 5.13. The van der Waals surface area contributed by atoms with Crippen molar-refractivity contribution >= 4 is 23.1 Å². The number of hydrogen-bond donors (Lipinski definition) is 1. The number of amides is 1. The van der Waals surface area contributed by atoms with E-state index >= 15 is 0 Å². The van der Waals surface area contributed by atoms with Gasteiger partial charge in [-0.2, -0.15) is 13.2 Å². The van der Waals surface area contributed by atoms with Crippen molar-refractivity contribution in [2.24, 2.45) is 0 Å². The van der Waals surface area contributed by atoms with Gasteiger partial charge in [-0.15, -0.1) is 0 Å². The van der Waals surface area contributed by atoms with Gasteiger partial charge in [0.2, 0.25) is 0 Å². The average Bonchev–Trinajstić information content (AvgIpc) is 3.23. The van der Waals surface area contributed by atoms with Gasteiger partial charge in [-0.3, -0.25) is 4.79 Å². The molecule has 1 N–H and O–H groups in total. The highest BCUT2D eigenvalue weighted by Crippen LogP contribution is 2.29. The highest BCUT2D eigenvalue weighted by molar-refractivity contribution is 6.30. The highest BCUT2D eigenvalue weighted by Gasteiger charge is 2.30. The van der Waals surface area contributed by atoms with E-state index in [4.69, 9.17) is 16.1 Å². The smallest absolute Gasteiger partial charge is 0.360 e. The molecule has 8 heteroatoms. The Labute approximate surface area is 195 Å². The van der Waals surface area contributed by atoms with Gasteiger partial charge in [0.15, 0.2) is 5.69 Å². The number of hydrogen-bond acceptors (Lipinski definition) is 3. The van der Waals surface area contributed by atoms with Crippen molar-refractivity contribution in [1.82, 2.24) is 10.5 Å². The number of nitrogens with one attached hydrogen (secondary N) is 1. The van der Waals surface area contributed by atoms with Gasteiger partial charge >= 0.3 is 6.18 Å². The third kappa shape index (κ3) is 6.71. The summed E-state index contributed by atoms with van der Waals surface area (Å²) < 4.78 is 43.2. The van der Waals surface area contributed by atoms with Crippen LogP contribution in [-0.2, 0) is 12.6 Å². The van der Waals surface area contributed by atoms with E-state index in [1.165, 1.54) is 18.2 Å². The van der Waals surface area contributed by atoms with Crippen LogP contribution in [0.2, 0.25) is 5.02 Å². The fourth-order valence-electron chi connectivity index (χ4n) is 3.45. The van der Waals surface area contributed by atoms with Crippen molar-refractivity contribution in [3.05, 3.63) is 93.3 Å². The summed E-state index contributed by atoms with van der Waals surface area (Å²) in [7, 11) is 0. The van der Waals surface area contributed by atoms with Gasteiger partial charge in [0.1, 0.15) is 5.76 Å². The number of alkyl halides is 3. The maximum atomic E-state index is 12.7. The summed E-state index contributed by atoms with van der Waals surface area (Å²) in [4.78, 5) is 12.5. The SMILES string of the molecule is CC/C=C(/CCNC(=O)c1cc(Cc2ccc(C(F)(F)F)cc2)on1)c1cc(Cl)ccc1C. The van der Waals surface area contributed by atoms with Crippen molar-refractivity contribution in [2.75, 3.05) is 6.54 Å². The standard InChI is InChI=1S/C25H24ClF3N2O2/c1-3-4-18(22-14-20(26)10-5-16(22)2)11-12-30-24(32)23-15-21(33-31-23)13-17-6-8-19(9-7-17)25(27,28)29/h4-10,14-15H,3,11-13H2,1-2H3,(H,30,32)/b18-4-. The molecule has 1 amide bonds. The molecule has 0 aliphatic heterocycles. The van der Waals surface area contributed by atoms with Crippen LogP contribution in [0.25, 0.3) is 5.57 Å². The highest BCUT2D eigenvalue weighted by atomic mass is 35.5. The molecule has 4 nitrogen and oxygen atoms in total. The largest absolute Gasteiger partial charge is 0.416 e. The number of halogens is 4. The lowest BCUT2D eigenvalue weighted by atomic mass is 9.97. The molecule has 2 aromatic carbocycles. The molecule has 174 valence electrons. The predicted octanol–water partition coefficient (Wildman–Crippen LogP) is 6.86. The van der Waals surface area contributed by atoms with E-state index in [1.807, 2.05) is 32.0 Å². The molecule has 3 rings (SSSR count). The molecule has 3 aromatic rings. The van der Waals surface area contributed by atoms with Crippen molar-refractivity contribution in [3.8, 4) is 0 Å². The first-order valence-corrected chi connectivity index (χ1v) is 10.9. The van der Waals surface area contributed by atoms with Crippen LogP contribution in [0.5, 0.6) is 0 Å². The summed E-state index contributed by atoms with van der Waals surface area (Å²) in [6.07, 6.45) is -0.560. The average molecular weight is 477 g/mol. The molecular formula is C25H24ClF3N2O2. The Morgan fingerprint density at radius 3 is 2.55 bits per heavy atom. The molecule has 1 heterocycles. The summed E-state index contributed by atoms with van der Waals surface area (Å²) in [6.45, 7) is 4.46. The molecule has 0 aliphatic rings. The lowest BCUT2D eigenvalue weighted by Gasteiger charge is -2.12. The number of aromatic nitrogens is 1. The molecule has 0 fully saturated rings. The Kier molecular flexibility index (Phi) is 7.97. The van der Waals surface area contributed by atoms with E-state index < -0.39 is 11.7 Å². The van der Waals surface area contributed by atoms with Crippen LogP contribution in [0.1, 0.15) is 58.3 Å². The molecule has 0 unspecified atom stereocenters. The van der Waals surface area contributed by atoms with Crippen LogP contribution >= 0.6 is 11.6 Å². The Hall–Kier alpha value is -3.06. The number of carbonyl (C=O) groups is 1. The van der Waals surface area contributed by atoms with E-state index in [0.717, 1.165) is 35.3 Å². The summed E-state index contributed by atoms with van der Waals surface area (Å²) in [5, 5.41) is 7.28. The lowest BCUT2D eigenvalue weighted by Crippen LogP contribution is -2.25. The molecule has 0 saturated carbocycles. The Balaban J connectivity index is 1.58. The number of benzene rings is 2. The van der Waals surface area contributed by atoms with Crippen LogP contribution in [0.3, 0.4) is 0 Å². The van der Waals surface area contributed by atoms with Crippen LogP contribution in [0.4, 0.5) is 13.2 Å². The first kappa shape index (κ1) is 24.6. The minimum Gasteiger partial charge on any atom is -0.360 e. The van der Waals surface area contributed by atoms with E-state index in [9.17, 15) is 18.0 Å². The molecule has 0 saturated heterocycles. The van der Waals surface area contributed by atoms with Crippen molar-refractivity contribution in [1.29, 1.82) is 0 Å². The first-order chi connectivity index (χ1) is 15.7. The first-order valence-electron chi connectivity index (χ1n) is 10.5. The zero-order valence-electron chi connectivity index (χ0n) is 18.3. The van der Waals surface area contributed by atoms with Crippen molar-refractivity contribution < 1.29 is 22.5 Å².